The molecule has 0 bridgehead atoms. The van der Waals surface area contributed by atoms with Crippen LogP contribution in [-0.4, -0.2) is 19.0 Å². The van der Waals surface area contributed by atoms with Crippen molar-refractivity contribution in [2.75, 3.05) is 13.1 Å². The van der Waals surface area contributed by atoms with Crippen molar-refractivity contribution in [1.29, 1.82) is 0 Å². The van der Waals surface area contributed by atoms with Crippen LogP contribution in [0.2, 0.25) is 0 Å². The summed E-state index contributed by atoms with van der Waals surface area (Å²) < 4.78 is 0. The molecule has 3 heteroatoms. The fourth-order valence-electron chi connectivity index (χ4n) is 2.41. The zero-order chi connectivity index (χ0) is 12.0. The third-order valence-electron chi connectivity index (χ3n) is 3.79. The first kappa shape index (κ1) is 13.5. The third-order valence-corrected chi connectivity index (χ3v) is 3.79. The zero-order valence-corrected chi connectivity index (χ0v) is 10.7. The molecule has 0 aromatic heterocycles. The lowest BCUT2D eigenvalue weighted by atomic mass is 9.80. The topological polar surface area (TPSA) is 55.1 Å². The lowest BCUT2D eigenvalue weighted by Gasteiger charge is -2.28. The van der Waals surface area contributed by atoms with Crippen molar-refractivity contribution >= 4 is 5.91 Å². The molecule has 0 aromatic rings. The number of amides is 1. The highest BCUT2D eigenvalue weighted by Crippen LogP contribution is 2.28. The minimum Gasteiger partial charge on any atom is -0.356 e. The monoisotopic (exact) mass is 226 g/mol. The molecule has 3 N–H and O–H groups in total. The summed E-state index contributed by atoms with van der Waals surface area (Å²) in [5.74, 6) is 1.91. The Bertz CT molecular complexity index is 218. The van der Waals surface area contributed by atoms with Crippen molar-refractivity contribution in [2.24, 2.45) is 23.5 Å². The highest BCUT2D eigenvalue weighted by molar-refractivity contribution is 5.76. The van der Waals surface area contributed by atoms with E-state index in [0.29, 0.717) is 24.8 Å². The van der Waals surface area contributed by atoms with Crippen LogP contribution in [0, 0.1) is 17.8 Å². The van der Waals surface area contributed by atoms with Gasteiger partial charge in [-0.2, -0.15) is 0 Å². The molecule has 0 radical (unpaired) electrons. The van der Waals surface area contributed by atoms with Crippen molar-refractivity contribution in [2.45, 2.75) is 46.0 Å². The van der Waals surface area contributed by atoms with Gasteiger partial charge in [0.25, 0.3) is 0 Å². The second kappa shape index (κ2) is 6.89. The Labute approximate surface area is 99.2 Å². The summed E-state index contributed by atoms with van der Waals surface area (Å²) in [6, 6.07) is 0. The average molecular weight is 226 g/mol. The summed E-state index contributed by atoms with van der Waals surface area (Å²) in [4.78, 5) is 11.6. The highest BCUT2D eigenvalue weighted by Gasteiger charge is 2.21. The molecule has 16 heavy (non-hydrogen) atoms. The van der Waals surface area contributed by atoms with Gasteiger partial charge in [-0.1, -0.05) is 33.1 Å². The maximum absolute atomic E-state index is 11.6. The van der Waals surface area contributed by atoms with Crippen molar-refractivity contribution in [3.8, 4) is 0 Å². The van der Waals surface area contributed by atoms with Crippen LogP contribution in [0.5, 0.6) is 0 Å². The molecule has 3 unspecified atom stereocenters. The van der Waals surface area contributed by atoms with Crippen LogP contribution in [0.25, 0.3) is 0 Å². The Kier molecular flexibility index (Phi) is 5.81. The predicted molar refractivity (Wildman–Crippen MR) is 67.0 cm³/mol. The maximum atomic E-state index is 11.6. The smallest absolute Gasteiger partial charge is 0.220 e. The molecule has 0 saturated heterocycles. The Hall–Kier alpha value is -0.570. The summed E-state index contributed by atoms with van der Waals surface area (Å²) in [5, 5.41) is 3.05. The van der Waals surface area contributed by atoms with Gasteiger partial charge in [-0.05, 0) is 30.7 Å². The van der Waals surface area contributed by atoms with E-state index in [1.165, 1.54) is 25.7 Å². The zero-order valence-electron chi connectivity index (χ0n) is 10.7. The van der Waals surface area contributed by atoms with Crippen LogP contribution in [-0.2, 0) is 4.79 Å². The van der Waals surface area contributed by atoms with Crippen molar-refractivity contribution < 1.29 is 4.79 Å². The number of hydrogen-bond donors (Lipinski definition) is 2. The number of hydrogen-bond acceptors (Lipinski definition) is 2. The molecule has 0 aliphatic heterocycles. The molecule has 94 valence electrons. The fourth-order valence-corrected chi connectivity index (χ4v) is 2.41. The van der Waals surface area contributed by atoms with E-state index in [0.717, 1.165) is 12.5 Å². The molecule has 1 saturated carbocycles. The molecule has 0 aromatic carbocycles. The van der Waals surface area contributed by atoms with Gasteiger partial charge < -0.3 is 11.1 Å². The van der Waals surface area contributed by atoms with Crippen LogP contribution < -0.4 is 11.1 Å². The quantitative estimate of drug-likeness (QED) is 0.752. The van der Waals surface area contributed by atoms with Crippen molar-refractivity contribution in [1.82, 2.24) is 5.32 Å². The van der Waals surface area contributed by atoms with Crippen LogP contribution in [0.4, 0.5) is 0 Å². The molecular formula is C13H26N2O. The van der Waals surface area contributed by atoms with Crippen LogP contribution in [0.15, 0.2) is 0 Å². The Morgan fingerprint density at radius 2 is 2.12 bits per heavy atom. The summed E-state index contributed by atoms with van der Waals surface area (Å²) >= 11 is 0. The van der Waals surface area contributed by atoms with E-state index in [2.05, 4.69) is 12.2 Å². The lowest BCUT2D eigenvalue weighted by molar-refractivity contribution is -0.122. The van der Waals surface area contributed by atoms with Gasteiger partial charge in [0.15, 0.2) is 0 Å². The second-order valence-electron chi connectivity index (χ2n) is 5.37. The van der Waals surface area contributed by atoms with Crippen molar-refractivity contribution in [3.05, 3.63) is 0 Å². The fraction of sp³-hybridized carbons (Fsp3) is 0.923. The molecule has 3 atom stereocenters. The molecule has 1 fully saturated rings. The van der Waals surface area contributed by atoms with Crippen molar-refractivity contribution in [3.63, 3.8) is 0 Å². The standard InChI is InChI=1S/C13H26N2O/c1-10(8-14)7-13(16)15-9-12-6-4-3-5-11(12)2/h10-12H,3-9,14H2,1-2H3,(H,15,16). The first-order valence-electron chi connectivity index (χ1n) is 6.60. The number of nitrogens with two attached hydrogens (primary N) is 1. The van der Waals surface area contributed by atoms with Gasteiger partial charge in [-0.15, -0.1) is 0 Å². The highest BCUT2D eigenvalue weighted by atomic mass is 16.1. The summed E-state index contributed by atoms with van der Waals surface area (Å²) in [6.45, 7) is 5.77. The maximum Gasteiger partial charge on any atom is 0.220 e. The molecule has 0 spiro atoms. The molecule has 3 nitrogen and oxygen atoms in total. The van der Waals surface area contributed by atoms with Gasteiger partial charge in [0.1, 0.15) is 0 Å². The van der Waals surface area contributed by atoms with Gasteiger partial charge in [0.2, 0.25) is 5.91 Å². The van der Waals surface area contributed by atoms with E-state index >= 15 is 0 Å². The normalized spacial score (nSPS) is 27.4. The van der Waals surface area contributed by atoms with E-state index in [-0.39, 0.29) is 5.91 Å². The van der Waals surface area contributed by atoms with Gasteiger partial charge >= 0.3 is 0 Å². The largest absolute Gasteiger partial charge is 0.356 e. The Morgan fingerprint density at radius 3 is 2.75 bits per heavy atom. The van der Waals surface area contributed by atoms with Gasteiger partial charge in [-0.25, -0.2) is 0 Å². The number of carbonyl (C=O) groups excluding carboxylic acids is 1. The molecule has 0 heterocycles. The van der Waals surface area contributed by atoms with Gasteiger partial charge in [0.05, 0.1) is 0 Å². The third kappa shape index (κ3) is 4.52. The number of rotatable bonds is 5. The van der Waals surface area contributed by atoms with E-state index in [1.807, 2.05) is 6.92 Å². The molecular weight excluding hydrogens is 200 g/mol. The first-order chi connectivity index (χ1) is 7.63. The Balaban J connectivity index is 2.20. The van der Waals surface area contributed by atoms with Crippen LogP contribution in [0.3, 0.4) is 0 Å². The molecule has 1 rings (SSSR count). The lowest BCUT2D eigenvalue weighted by Crippen LogP contribution is -2.34. The predicted octanol–water partition coefficient (Wildman–Crippen LogP) is 1.91. The molecule has 1 aliphatic carbocycles. The van der Waals surface area contributed by atoms with E-state index in [9.17, 15) is 4.79 Å². The second-order valence-corrected chi connectivity index (χ2v) is 5.37. The minimum absolute atomic E-state index is 0.163. The van der Waals surface area contributed by atoms with E-state index in [4.69, 9.17) is 5.73 Å². The Morgan fingerprint density at radius 1 is 1.44 bits per heavy atom. The summed E-state index contributed by atoms with van der Waals surface area (Å²) in [5.41, 5.74) is 5.50. The number of carbonyl (C=O) groups is 1. The minimum atomic E-state index is 0.163. The summed E-state index contributed by atoms with van der Waals surface area (Å²) in [6.07, 6.45) is 5.84. The summed E-state index contributed by atoms with van der Waals surface area (Å²) in [7, 11) is 0. The SMILES string of the molecule is CC(CN)CC(=O)NCC1CCCCC1C. The van der Waals surface area contributed by atoms with Gasteiger partial charge in [-0.3, -0.25) is 4.79 Å². The van der Waals surface area contributed by atoms with E-state index < -0.39 is 0 Å². The number of nitrogens with one attached hydrogen (secondary N) is 1. The molecule has 1 aliphatic rings. The van der Waals surface area contributed by atoms with Gasteiger partial charge in [0, 0.05) is 13.0 Å². The van der Waals surface area contributed by atoms with Crippen LogP contribution >= 0.6 is 0 Å². The first-order valence-corrected chi connectivity index (χ1v) is 6.60. The van der Waals surface area contributed by atoms with E-state index in [1.54, 1.807) is 0 Å². The molecule has 1 amide bonds. The average Bonchev–Trinajstić information content (AvgIpc) is 2.28. The van der Waals surface area contributed by atoms with Crippen LogP contribution in [0.1, 0.15) is 46.0 Å².